The quantitative estimate of drug-likeness (QED) is 0.0181. The Morgan fingerprint density at radius 3 is 0.991 bits per heavy atom. The van der Waals surface area contributed by atoms with Crippen molar-refractivity contribution < 1.29 is 129 Å². The first kappa shape index (κ1) is 93.6. The summed E-state index contributed by atoms with van der Waals surface area (Å²) in [4.78, 5) is 76.1. The summed E-state index contributed by atoms with van der Waals surface area (Å²) >= 11 is 0. The van der Waals surface area contributed by atoms with Crippen molar-refractivity contribution in [3.05, 3.63) is 165 Å². The minimum atomic E-state index is -4.29. The number of hydrogen-bond acceptors (Lipinski definition) is 30. The molecule has 9 rings (SSSR count). The molecule has 3 aromatic rings. The number of amides is 3. The molecular weight excluding hydrogens is 1580 g/mol. The van der Waals surface area contributed by atoms with Crippen LogP contribution < -0.4 is 44.8 Å². The van der Waals surface area contributed by atoms with E-state index in [0.717, 1.165) is 18.2 Å². The lowest BCUT2D eigenvalue weighted by molar-refractivity contribution is -0.150. The number of aliphatic hydroxyl groups is 6. The number of carbonyl (C=O) groups is 6. The molecule has 630 valence electrons. The van der Waals surface area contributed by atoms with Crippen LogP contribution in [0.4, 0.5) is 0 Å². The molecule has 0 saturated carbocycles. The average Bonchev–Trinajstić information content (AvgIpc) is 1.62. The van der Waals surface area contributed by atoms with Gasteiger partial charge >= 0.3 is 41.1 Å². The molecule has 3 amide bonds. The molecule has 3 unspecified atom stereocenters. The van der Waals surface area contributed by atoms with Crippen molar-refractivity contribution in [3.8, 4) is 54.3 Å². The van der Waals surface area contributed by atoms with Crippen LogP contribution in [0.5, 0.6) is 17.2 Å². The van der Waals surface area contributed by atoms with E-state index in [9.17, 15) is 73.1 Å². The average molecular weight is 1680 g/mol. The molecule has 36 nitrogen and oxygen atoms in total. The molecule has 0 spiro atoms. The second-order valence-electron chi connectivity index (χ2n) is 29.4. The third-order valence-electron chi connectivity index (χ3n) is 17.2. The van der Waals surface area contributed by atoms with Gasteiger partial charge in [-0.3, -0.25) is 42.3 Å². The molecule has 19 atom stereocenters. The molecule has 12 N–H and O–H groups in total. The second-order valence-corrected chi connectivity index (χ2v) is 34.5. The van der Waals surface area contributed by atoms with Gasteiger partial charge in [-0.05, 0) is 81.3 Å². The van der Waals surface area contributed by atoms with Gasteiger partial charge in [0.15, 0.2) is 35.5 Å². The summed E-state index contributed by atoms with van der Waals surface area (Å²) in [7, 11) is -12.9. The minimum absolute atomic E-state index is 0.0530. The summed E-state index contributed by atoms with van der Waals surface area (Å²) in [6.07, 6.45) is 11.1. The molecule has 3 saturated heterocycles. The Kier molecular flexibility index (Phi) is 32.0. The number of ether oxygens (including phenoxy) is 6. The fourth-order valence-corrected chi connectivity index (χ4v) is 15.4. The van der Waals surface area contributed by atoms with E-state index in [1.165, 1.54) is 90.5 Å². The summed E-state index contributed by atoms with van der Waals surface area (Å²) in [5.41, 5.74) is -7.34. The number of aliphatic hydroxyl groups excluding tert-OH is 3. The van der Waals surface area contributed by atoms with Crippen LogP contribution in [0.15, 0.2) is 165 Å². The zero-order chi connectivity index (χ0) is 86.1. The van der Waals surface area contributed by atoms with Gasteiger partial charge < -0.3 is 103 Å². The molecule has 3 fully saturated rings. The summed E-state index contributed by atoms with van der Waals surface area (Å²) in [5.74, 6) is 3.72. The standard InChI is InChI=1S/2C26H34N3O9P.C25H32N3O9P/c2*1-7-26(33)22(31)20(37-24(26)29-14-13-21(30)27-18(29)3)15-36-39(34,38-19-11-9-8-10-12-19)28-17(2)23(32)35-16-25(4,5)6;1-6-16(3)35-23(31)17(4)27-38(33,37-19-11-9-8-10-12-19)34-15-20-22(30)25(32,7-2)24(36-20)28-14-13-21(29)26-18(28)5/h2*1,8-14,17,20,22,24,31,33H,3,15-16H2,2,4-6H3,(H,27,30)(H,28,34);2,8-14,16-17,20,22,24,30,32H,5-6,15H2,1,3-4H3,(H,26,29)(H,27,33)/t2*17-,20+,22+,24+,26+,39?;16-,17+,20-,22-,24-,25-,38?/m001/s1. The predicted octanol–water partition coefficient (Wildman–Crippen LogP) is 4.63. The van der Waals surface area contributed by atoms with Gasteiger partial charge in [-0.1, -0.05) is 141 Å². The summed E-state index contributed by atoms with van der Waals surface area (Å²) in [5, 5.41) is 80.7. The third kappa shape index (κ3) is 24.8. The smallest absolute Gasteiger partial charge is 0.459 e. The number of para-hydroxylation sites is 3. The van der Waals surface area contributed by atoms with Gasteiger partial charge in [-0.2, -0.15) is 15.3 Å². The highest BCUT2D eigenvalue weighted by molar-refractivity contribution is 7.52. The number of esters is 3. The van der Waals surface area contributed by atoms with E-state index in [-0.39, 0.29) is 64.9 Å². The van der Waals surface area contributed by atoms with Crippen molar-refractivity contribution in [2.75, 3.05) is 33.0 Å². The molecule has 0 bridgehead atoms. The largest absolute Gasteiger partial charge is 0.464 e. The van der Waals surface area contributed by atoms with Crippen molar-refractivity contribution in [1.29, 1.82) is 0 Å². The Balaban J connectivity index is 0.000000241. The normalized spacial score (nSPS) is 27.6. The van der Waals surface area contributed by atoms with Crippen molar-refractivity contribution in [2.24, 2.45) is 10.8 Å². The van der Waals surface area contributed by atoms with Crippen LogP contribution in [0.1, 0.15) is 82.6 Å². The topological polar surface area (TPSA) is 468 Å². The number of nitrogens with zero attached hydrogens (tertiary/aromatic N) is 3. The summed E-state index contributed by atoms with van der Waals surface area (Å²) < 4.78 is 108. The van der Waals surface area contributed by atoms with Gasteiger partial charge in [-0.15, -0.1) is 19.3 Å². The minimum Gasteiger partial charge on any atom is -0.464 e. The second kappa shape index (κ2) is 39.6. The van der Waals surface area contributed by atoms with Crippen LogP contribution in [0, 0.1) is 47.9 Å². The number of terminal acetylenes is 3. The molecular formula is C77H100N9O27P3. The molecule has 39 heteroatoms. The Labute approximate surface area is 672 Å². The number of rotatable bonds is 31. The van der Waals surface area contributed by atoms with Crippen LogP contribution in [-0.2, 0) is 84.5 Å². The predicted molar refractivity (Wildman–Crippen MR) is 416 cm³/mol. The van der Waals surface area contributed by atoms with Crippen LogP contribution in [0.25, 0.3) is 0 Å². The monoisotopic (exact) mass is 1680 g/mol. The van der Waals surface area contributed by atoms with Gasteiger partial charge in [0.1, 0.15) is 89.5 Å². The lowest BCUT2D eigenvalue weighted by Gasteiger charge is -2.36. The highest BCUT2D eigenvalue weighted by Gasteiger charge is 2.61. The maximum Gasteiger partial charge on any atom is 0.459 e. The molecule has 6 aliphatic rings. The lowest BCUT2D eigenvalue weighted by atomic mass is 9.94. The number of carbonyl (C=O) groups excluding carboxylic acids is 6. The van der Waals surface area contributed by atoms with Crippen molar-refractivity contribution in [2.45, 2.75) is 179 Å². The highest BCUT2D eigenvalue weighted by atomic mass is 31.2. The highest BCUT2D eigenvalue weighted by Crippen LogP contribution is 2.50. The van der Waals surface area contributed by atoms with Gasteiger partial charge in [-0.25, -0.2) is 13.7 Å². The van der Waals surface area contributed by atoms with E-state index in [1.54, 1.807) is 61.5 Å². The van der Waals surface area contributed by atoms with Gasteiger partial charge in [0, 0.05) is 36.8 Å². The number of nitrogens with one attached hydrogen (secondary N) is 6. The summed E-state index contributed by atoms with van der Waals surface area (Å²) in [6, 6.07) is 21.0. The zero-order valence-electron chi connectivity index (χ0n) is 65.7. The zero-order valence-corrected chi connectivity index (χ0v) is 68.3. The first-order valence-corrected chi connectivity index (χ1v) is 40.7. The number of benzene rings is 3. The molecule has 3 aromatic carbocycles. The van der Waals surface area contributed by atoms with Crippen molar-refractivity contribution in [1.82, 2.24) is 45.9 Å². The van der Waals surface area contributed by atoms with Crippen LogP contribution in [-0.4, -0.2) is 210 Å². The lowest BCUT2D eigenvalue weighted by Crippen LogP contribution is -2.54. The van der Waals surface area contributed by atoms with Crippen molar-refractivity contribution >= 4 is 58.9 Å². The van der Waals surface area contributed by atoms with E-state index in [1.807, 2.05) is 48.5 Å². The molecule has 0 radical (unpaired) electrons. The Hall–Kier alpha value is -9.51. The maximum absolute atomic E-state index is 13.8. The van der Waals surface area contributed by atoms with Crippen molar-refractivity contribution in [3.63, 3.8) is 0 Å². The van der Waals surface area contributed by atoms with E-state index in [0.29, 0.717) is 6.42 Å². The van der Waals surface area contributed by atoms with Crippen LogP contribution >= 0.6 is 23.2 Å². The van der Waals surface area contributed by atoms with E-state index in [4.69, 9.17) is 74.8 Å². The fraction of sp³-hybridized carbons (Fsp3) is 0.455. The van der Waals surface area contributed by atoms with E-state index in [2.05, 4.69) is 68.7 Å². The summed E-state index contributed by atoms with van der Waals surface area (Å²) in [6.45, 7) is 28.9. The number of hydrogen-bond donors (Lipinski definition) is 12. The van der Waals surface area contributed by atoms with Gasteiger partial charge in [0.25, 0.3) is 17.7 Å². The van der Waals surface area contributed by atoms with Crippen LogP contribution in [0.3, 0.4) is 0 Å². The van der Waals surface area contributed by atoms with E-state index >= 15 is 0 Å². The van der Waals surface area contributed by atoms with Gasteiger partial charge in [0.05, 0.1) is 39.1 Å². The Bertz CT molecular complexity index is 4230. The molecule has 0 aromatic heterocycles. The first-order valence-electron chi connectivity index (χ1n) is 36.1. The van der Waals surface area contributed by atoms with Crippen LogP contribution in [0.2, 0.25) is 0 Å². The molecule has 0 aliphatic carbocycles. The fourth-order valence-electron chi connectivity index (χ4n) is 10.9. The SMILES string of the molecule is C#C[C@@]1(O)[C@H](O)[C@@H](COP(=O)(N[C@@H](C)C(=O)OCC(C)(C)C)Oc2ccccc2)O[C@H]1N1C=CC(=O)NC1=C.C#C[C@@]1(O)[C@H](O)[C@@H](COP(=O)(N[C@@H](C)C(=O)OCC(C)(C)C)Oc2ccccc2)O[C@H]1N1C=CC(=O)NC1=C.C#C[C@@]1(O)[C@H](O)[C@@H](COP(=O)(N[C@@H](C)C(=O)O[C@H](C)CC)Oc2ccccc2)O[C@H]1N1C=CC(=O)NC1=C. The van der Waals surface area contributed by atoms with Gasteiger partial charge in [0.2, 0.25) is 0 Å². The maximum atomic E-state index is 13.8. The molecule has 116 heavy (non-hydrogen) atoms. The first-order chi connectivity index (χ1) is 54.3. The molecule has 6 heterocycles. The van der Waals surface area contributed by atoms with E-state index < -0.39 is 169 Å². The molecule has 6 aliphatic heterocycles. The Morgan fingerprint density at radius 2 is 0.759 bits per heavy atom. The Morgan fingerprint density at radius 1 is 0.500 bits per heavy atom. The third-order valence-corrected chi connectivity index (χ3v) is 22.2.